The summed E-state index contributed by atoms with van der Waals surface area (Å²) in [5.74, 6) is 0.727. The molecule has 4 rings (SSSR count). The lowest BCUT2D eigenvalue weighted by Crippen LogP contribution is -2.49. The van der Waals surface area contributed by atoms with Gasteiger partial charge in [0.25, 0.3) is 5.91 Å². The van der Waals surface area contributed by atoms with E-state index in [0.29, 0.717) is 24.5 Å². The van der Waals surface area contributed by atoms with Crippen LogP contribution in [0.25, 0.3) is 0 Å². The normalized spacial score (nSPS) is 17.5. The summed E-state index contributed by atoms with van der Waals surface area (Å²) in [5.41, 5.74) is 4.50. The zero-order valence-electron chi connectivity index (χ0n) is 15.8. The van der Waals surface area contributed by atoms with Crippen LogP contribution in [0.1, 0.15) is 27.7 Å². The first-order valence-corrected chi connectivity index (χ1v) is 10.3. The molecular formula is C22H23N3O2S. The highest BCUT2D eigenvalue weighted by atomic mass is 32.1. The van der Waals surface area contributed by atoms with Gasteiger partial charge in [0, 0.05) is 30.6 Å². The Morgan fingerprint density at radius 3 is 2.82 bits per heavy atom. The fraction of sp³-hybridized carbons (Fsp3) is 0.273. The molecule has 28 heavy (non-hydrogen) atoms. The molecule has 1 unspecified atom stereocenters. The van der Waals surface area contributed by atoms with Gasteiger partial charge in [-0.15, -0.1) is 11.3 Å². The van der Waals surface area contributed by atoms with Crippen molar-refractivity contribution in [3.05, 3.63) is 82.3 Å². The van der Waals surface area contributed by atoms with Gasteiger partial charge < -0.3 is 14.5 Å². The minimum Gasteiger partial charge on any atom is -0.487 e. The molecular weight excluding hydrogens is 370 g/mol. The van der Waals surface area contributed by atoms with Crippen LogP contribution in [0, 0.1) is 0 Å². The monoisotopic (exact) mass is 393 g/mol. The Hall–Kier alpha value is -2.70. The molecule has 2 heterocycles. The van der Waals surface area contributed by atoms with Crippen LogP contribution in [0.2, 0.25) is 0 Å². The molecule has 1 aliphatic heterocycles. The predicted molar refractivity (Wildman–Crippen MR) is 111 cm³/mol. The van der Waals surface area contributed by atoms with Gasteiger partial charge in [-0.2, -0.15) is 0 Å². The van der Waals surface area contributed by atoms with Gasteiger partial charge in [0.1, 0.15) is 12.4 Å². The minimum atomic E-state index is 0.0426. The number of amides is 1. The molecule has 144 valence electrons. The summed E-state index contributed by atoms with van der Waals surface area (Å²) in [6.07, 6.45) is 0. The summed E-state index contributed by atoms with van der Waals surface area (Å²) in [5, 5.41) is 1.96. The highest BCUT2D eigenvalue weighted by molar-refractivity contribution is 7.07. The van der Waals surface area contributed by atoms with E-state index in [1.807, 2.05) is 52.7 Å². The van der Waals surface area contributed by atoms with Crippen molar-refractivity contribution < 1.29 is 9.53 Å². The zero-order valence-corrected chi connectivity index (χ0v) is 16.6. The average Bonchev–Trinajstić information content (AvgIpc) is 3.26. The number of aromatic nitrogens is 1. The number of carbonyl (C=O) groups is 1. The van der Waals surface area contributed by atoms with Crippen LogP contribution in [0.4, 0.5) is 0 Å². The lowest BCUT2D eigenvalue weighted by Gasteiger charge is -2.40. The van der Waals surface area contributed by atoms with E-state index in [2.05, 4.69) is 29.1 Å². The second kappa shape index (κ2) is 8.54. The van der Waals surface area contributed by atoms with E-state index in [-0.39, 0.29) is 11.9 Å². The summed E-state index contributed by atoms with van der Waals surface area (Å²) in [4.78, 5) is 21.8. The molecule has 1 saturated heterocycles. The van der Waals surface area contributed by atoms with Crippen LogP contribution >= 0.6 is 11.3 Å². The van der Waals surface area contributed by atoms with E-state index < -0.39 is 0 Å². The summed E-state index contributed by atoms with van der Waals surface area (Å²) >= 11 is 1.54. The molecule has 0 N–H and O–H groups in total. The number of rotatable bonds is 5. The Labute approximate surface area is 169 Å². The van der Waals surface area contributed by atoms with Gasteiger partial charge >= 0.3 is 0 Å². The van der Waals surface area contributed by atoms with Crippen LogP contribution in [0.15, 0.2) is 65.5 Å². The number of hydrogen-bond acceptors (Lipinski definition) is 5. The van der Waals surface area contributed by atoms with Gasteiger partial charge in [0.2, 0.25) is 0 Å². The molecule has 3 aromatic rings. The third-order valence-electron chi connectivity index (χ3n) is 4.98. The second-order valence-corrected chi connectivity index (χ2v) is 7.70. The second-order valence-electron chi connectivity index (χ2n) is 6.98. The number of likely N-dealkylation sites (N-methyl/N-ethyl adjacent to an activating group) is 1. The summed E-state index contributed by atoms with van der Waals surface area (Å²) < 4.78 is 5.82. The van der Waals surface area contributed by atoms with Crippen molar-refractivity contribution in [2.24, 2.45) is 0 Å². The van der Waals surface area contributed by atoms with Crippen LogP contribution in [-0.4, -0.2) is 47.4 Å². The highest BCUT2D eigenvalue weighted by Gasteiger charge is 2.30. The Morgan fingerprint density at radius 1 is 1.18 bits per heavy atom. The molecule has 6 heteroatoms. The fourth-order valence-electron chi connectivity index (χ4n) is 3.47. The zero-order chi connectivity index (χ0) is 19.3. The lowest BCUT2D eigenvalue weighted by molar-refractivity contribution is 0.0497. The Balaban J connectivity index is 1.53. The van der Waals surface area contributed by atoms with E-state index in [1.54, 1.807) is 16.8 Å². The van der Waals surface area contributed by atoms with Gasteiger partial charge in [-0.25, -0.2) is 4.98 Å². The average molecular weight is 394 g/mol. The molecule has 1 amide bonds. The third kappa shape index (κ3) is 4.24. The van der Waals surface area contributed by atoms with E-state index in [4.69, 9.17) is 4.74 Å². The Morgan fingerprint density at radius 2 is 2.04 bits per heavy atom. The molecule has 0 saturated carbocycles. The molecule has 0 radical (unpaired) electrons. The van der Waals surface area contributed by atoms with Gasteiger partial charge in [0.05, 0.1) is 17.2 Å². The molecule has 0 bridgehead atoms. The lowest BCUT2D eigenvalue weighted by atomic mass is 10.0. The maximum atomic E-state index is 13.3. The number of benzene rings is 2. The summed E-state index contributed by atoms with van der Waals surface area (Å²) in [6, 6.07) is 17.7. The first-order valence-electron chi connectivity index (χ1n) is 9.35. The highest BCUT2D eigenvalue weighted by Crippen LogP contribution is 2.27. The molecule has 1 aromatic heterocycles. The Bertz CT molecular complexity index is 915. The van der Waals surface area contributed by atoms with Gasteiger partial charge in [0.15, 0.2) is 0 Å². The van der Waals surface area contributed by atoms with E-state index >= 15 is 0 Å². The maximum absolute atomic E-state index is 13.3. The number of ether oxygens (including phenoxy) is 1. The smallest absolute Gasteiger partial charge is 0.254 e. The molecule has 5 nitrogen and oxygen atoms in total. The number of hydrogen-bond donors (Lipinski definition) is 0. The molecule has 1 aliphatic rings. The van der Waals surface area contributed by atoms with Crippen molar-refractivity contribution in [3.8, 4) is 5.75 Å². The largest absolute Gasteiger partial charge is 0.487 e. The predicted octanol–water partition coefficient (Wildman–Crippen LogP) is 3.85. The number of carbonyl (C=O) groups excluding carboxylic acids is 1. The van der Waals surface area contributed by atoms with Crippen molar-refractivity contribution >= 4 is 17.2 Å². The van der Waals surface area contributed by atoms with Crippen LogP contribution < -0.4 is 4.74 Å². The summed E-state index contributed by atoms with van der Waals surface area (Å²) in [6.45, 7) is 2.81. The van der Waals surface area contributed by atoms with Crippen molar-refractivity contribution in [2.45, 2.75) is 12.6 Å². The molecule has 1 atom stereocenters. The first-order chi connectivity index (χ1) is 13.7. The van der Waals surface area contributed by atoms with Crippen molar-refractivity contribution in [3.63, 3.8) is 0 Å². The van der Waals surface area contributed by atoms with Crippen LogP contribution in [0.5, 0.6) is 5.75 Å². The maximum Gasteiger partial charge on any atom is 0.254 e. The molecule has 1 fully saturated rings. The minimum absolute atomic E-state index is 0.0426. The van der Waals surface area contributed by atoms with Crippen LogP contribution in [0.3, 0.4) is 0 Å². The Kier molecular flexibility index (Phi) is 5.69. The first kappa shape index (κ1) is 18.7. The number of nitrogens with zero attached hydrogens (tertiary/aromatic N) is 3. The van der Waals surface area contributed by atoms with E-state index in [9.17, 15) is 4.79 Å². The standard InChI is InChI=1S/C22H23N3O2S/c1-24-10-11-25(21(13-24)17-6-3-2-4-7-17)22(26)18-8-5-9-20(12-18)27-14-19-15-28-16-23-19/h2-9,12,15-16,21H,10-11,13-14H2,1H3. The van der Waals surface area contributed by atoms with Gasteiger partial charge in [-0.05, 0) is 30.8 Å². The summed E-state index contributed by atoms with van der Waals surface area (Å²) in [7, 11) is 2.10. The molecule has 0 aliphatic carbocycles. The number of thiazole rings is 1. The molecule has 2 aromatic carbocycles. The molecule has 0 spiro atoms. The third-order valence-corrected chi connectivity index (χ3v) is 5.62. The van der Waals surface area contributed by atoms with Crippen molar-refractivity contribution in [1.82, 2.24) is 14.8 Å². The SMILES string of the molecule is CN1CCN(C(=O)c2cccc(OCc3cscn3)c2)C(c2ccccc2)C1. The van der Waals surface area contributed by atoms with Crippen LogP contribution in [-0.2, 0) is 6.61 Å². The van der Waals surface area contributed by atoms with E-state index in [0.717, 1.165) is 18.8 Å². The van der Waals surface area contributed by atoms with Crippen molar-refractivity contribution in [1.29, 1.82) is 0 Å². The van der Waals surface area contributed by atoms with E-state index in [1.165, 1.54) is 5.56 Å². The fourth-order valence-corrected chi connectivity index (χ4v) is 4.02. The quantitative estimate of drug-likeness (QED) is 0.661. The van der Waals surface area contributed by atoms with Gasteiger partial charge in [-0.3, -0.25) is 4.79 Å². The number of piperazine rings is 1. The van der Waals surface area contributed by atoms with Gasteiger partial charge in [-0.1, -0.05) is 36.4 Å². The van der Waals surface area contributed by atoms with Crippen molar-refractivity contribution in [2.75, 3.05) is 26.7 Å². The topological polar surface area (TPSA) is 45.7 Å².